The Morgan fingerprint density at radius 3 is 2.89 bits per heavy atom. The molecule has 0 amide bonds. The van der Waals surface area contributed by atoms with E-state index in [1.807, 2.05) is 12.1 Å². The van der Waals surface area contributed by atoms with E-state index in [4.69, 9.17) is 0 Å². The van der Waals surface area contributed by atoms with Gasteiger partial charge in [0.1, 0.15) is 5.82 Å². The normalized spacial score (nSPS) is 17.8. The minimum absolute atomic E-state index is 0.0532. The van der Waals surface area contributed by atoms with Gasteiger partial charge < -0.3 is 10.3 Å². The summed E-state index contributed by atoms with van der Waals surface area (Å²) in [6, 6.07) is 10.1. The zero-order valence-corrected chi connectivity index (χ0v) is 10.4. The number of anilines is 1. The van der Waals surface area contributed by atoms with Crippen LogP contribution in [0, 0.1) is 5.82 Å². The Kier molecular flexibility index (Phi) is 3.07. The van der Waals surface area contributed by atoms with Gasteiger partial charge in [0.25, 0.3) is 0 Å². The van der Waals surface area contributed by atoms with Crippen LogP contribution < -0.4 is 10.9 Å². The molecule has 0 spiro atoms. The van der Waals surface area contributed by atoms with E-state index in [0.29, 0.717) is 5.69 Å². The molecule has 98 valence electrons. The highest BCUT2D eigenvalue weighted by molar-refractivity contribution is 5.47. The van der Waals surface area contributed by atoms with Gasteiger partial charge in [-0.25, -0.2) is 4.39 Å². The number of rotatable bonds is 2. The van der Waals surface area contributed by atoms with Crippen molar-refractivity contribution in [3.05, 3.63) is 63.8 Å². The minimum atomic E-state index is -0.251. The van der Waals surface area contributed by atoms with Crippen LogP contribution in [-0.2, 0) is 6.42 Å². The molecule has 3 nitrogen and oxygen atoms in total. The lowest BCUT2D eigenvalue weighted by Gasteiger charge is -2.26. The van der Waals surface area contributed by atoms with Crippen molar-refractivity contribution < 1.29 is 4.39 Å². The van der Waals surface area contributed by atoms with Gasteiger partial charge in [0.15, 0.2) is 0 Å². The highest BCUT2D eigenvalue weighted by atomic mass is 19.1. The van der Waals surface area contributed by atoms with Gasteiger partial charge in [-0.15, -0.1) is 0 Å². The number of hydrogen-bond acceptors (Lipinski definition) is 2. The molecular formula is C15H15FN2O. The van der Waals surface area contributed by atoms with Gasteiger partial charge in [0.05, 0.1) is 11.7 Å². The molecule has 2 N–H and O–H groups in total. The van der Waals surface area contributed by atoms with Crippen LogP contribution in [0.15, 0.2) is 41.2 Å². The van der Waals surface area contributed by atoms with E-state index in [1.165, 1.54) is 12.1 Å². The van der Waals surface area contributed by atoms with Gasteiger partial charge in [0, 0.05) is 11.8 Å². The molecule has 0 bridgehead atoms. The Morgan fingerprint density at radius 1 is 1.21 bits per heavy atom. The molecule has 1 atom stereocenters. The fourth-order valence-corrected chi connectivity index (χ4v) is 2.62. The summed E-state index contributed by atoms with van der Waals surface area (Å²) in [6.07, 6.45) is 2.80. The molecule has 0 radical (unpaired) electrons. The van der Waals surface area contributed by atoms with E-state index in [-0.39, 0.29) is 17.4 Å². The number of hydrogen-bond donors (Lipinski definition) is 2. The number of H-pyrrole nitrogens is 1. The van der Waals surface area contributed by atoms with Gasteiger partial charge in [-0.05, 0) is 43.0 Å². The first-order valence-corrected chi connectivity index (χ1v) is 6.47. The van der Waals surface area contributed by atoms with Crippen molar-refractivity contribution >= 4 is 5.69 Å². The van der Waals surface area contributed by atoms with Crippen molar-refractivity contribution in [1.29, 1.82) is 0 Å². The minimum Gasteiger partial charge on any atom is -0.376 e. The summed E-state index contributed by atoms with van der Waals surface area (Å²) < 4.78 is 13.7. The van der Waals surface area contributed by atoms with E-state index < -0.39 is 0 Å². The summed E-state index contributed by atoms with van der Waals surface area (Å²) in [5.41, 5.74) is 2.46. The molecule has 1 aromatic carbocycles. The molecule has 19 heavy (non-hydrogen) atoms. The molecule has 0 saturated heterocycles. The highest BCUT2D eigenvalue weighted by Gasteiger charge is 2.21. The van der Waals surface area contributed by atoms with E-state index >= 15 is 0 Å². The standard InChI is InChI=1S/C15H15FN2O/c16-11-4-1-2-5-14(11)17-12-6-3-7-13-10(12)8-9-15(19)18-13/h1-2,4-5,8-9,12,17H,3,6-7H2,(H,18,19). The summed E-state index contributed by atoms with van der Waals surface area (Å²) in [7, 11) is 0. The van der Waals surface area contributed by atoms with Crippen LogP contribution >= 0.6 is 0 Å². The quantitative estimate of drug-likeness (QED) is 0.869. The second-order valence-corrected chi connectivity index (χ2v) is 4.83. The summed E-state index contributed by atoms with van der Waals surface area (Å²) >= 11 is 0. The number of fused-ring (bicyclic) bond motifs is 1. The summed E-state index contributed by atoms with van der Waals surface area (Å²) in [4.78, 5) is 14.2. The number of benzene rings is 1. The average Bonchev–Trinajstić information content (AvgIpc) is 2.41. The molecular weight excluding hydrogens is 243 g/mol. The van der Waals surface area contributed by atoms with E-state index in [2.05, 4.69) is 10.3 Å². The van der Waals surface area contributed by atoms with Crippen LogP contribution in [0.4, 0.5) is 10.1 Å². The number of para-hydroxylation sites is 1. The molecule has 2 aromatic rings. The Labute approximate surface area is 110 Å². The van der Waals surface area contributed by atoms with Crippen LogP contribution in [0.1, 0.15) is 30.1 Å². The van der Waals surface area contributed by atoms with Crippen LogP contribution in [0.25, 0.3) is 0 Å². The van der Waals surface area contributed by atoms with Crippen molar-refractivity contribution in [2.24, 2.45) is 0 Å². The Hall–Kier alpha value is -2.10. The predicted molar refractivity (Wildman–Crippen MR) is 72.8 cm³/mol. The van der Waals surface area contributed by atoms with Gasteiger partial charge in [-0.1, -0.05) is 12.1 Å². The third-order valence-electron chi connectivity index (χ3n) is 3.54. The predicted octanol–water partition coefficient (Wildman–Crippen LogP) is 3.00. The third kappa shape index (κ3) is 2.38. The van der Waals surface area contributed by atoms with Crippen LogP contribution in [-0.4, -0.2) is 4.98 Å². The number of pyridine rings is 1. The molecule has 1 unspecified atom stereocenters. The smallest absolute Gasteiger partial charge is 0.248 e. The molecule has 1 aromatic heterocycles. The molecule has 1 aliphatic carbocycles. The van der Waals surface area contributed by atoms with Gasteiger partial charge >= 0.3 is 0 Å². The molecule has 0 fully saturated rings. The first kappa shape index (κ1) is 12.0. The number of aromatic nitrogens is 1. The lowest BCUT2D eigenvalue weighted by molar-refractivity contribution is 0.576. The first-order chi connectivity index (χ1) is 9.24. The van der Waals surface area contributed by atoms with Gasteiger partial charge in [-0.3, -0.25) is 4.79 Å². The molecule has 4 heteroatoms. The van der Waals surface area contributed by atoms with E-state index in [0.717, 1.165) is 30.5 Å². The molecule has 1 heterocycles. The number of nitrogens with one attached hydrogen (secondary N) is 2. The molecule has 0 saturated carbocycles. The topological polar surface area (TPSA) is 44.9 Å². The second-order valence-electron chi connectivity index (χ2n) is 4.83. The van der Waals surface area contributed by atoms with Crippen molar-refractivity contribution in [2.75, 3.05) is 5.32 Å². The maximum Gasteiger partial charge on any atom is 0.248 e. The zero-order chi connectivity index (χ0) is 13.2. The van der Waals surface area contributed by atoms with E-state index in [9.17, 15) is 9.18 Å². The SMILES string of the molecule is O=c1ccc2c([nH]1)CCCC2Nc1ccccc1F. The third-order valence-corrected chi connectivity index (χ3v) is 3.54. The van der Waals surface area contributed by atoms with Gasteiger partial charge in [-0.2, -0.15) is 0 Å². The van der Waals surface area contributed by atoms with E-state index in [1.54, 1.807) is 12.1 Å². The molecule has 3 rings (SSSR count). The largest absolute Gasteiger partial charge is 0.376 e. The fourth-order valence-electron chi connectivity index (χ4n) is 2.62. The van der Waals surface area contributed by atoms with Crippen molar-refractivity contribution in [3.8, 4) is 0 Å². The average molecular weight is 258 g/mol. The lowest BCUT2D eigenvalue weighted by atomic mass is 9.91. The number of aryl methyl sites for hydroxylation is 1. The Balaban J connectivity index is 1.92. The monoisotopic (exact) mass is 258 g/mol. The molecule has 1 aliphatic rings. The van der Waals surface area contributed by atoms with Crippen LogP contribution in [0.5, 0.6) is 0 Å². The van der Waals surface area contributed by atoms with Crippen molar-refractivity contribution in [3.63, 3.8) is 0 Å². The maximum absolute atomic E-state index is 13.7. The van der Waals surface area contributed by atoms with Crippen LogP contribution in [0.3, 0.4) is 0 Å². The summed E-state index contributed by atoms with van der Waals surface area (Å²) in [5.74, 6) is -0.251. The van der Waals surface area contributed by atoms with Crippen LogP contribution in [0.2, 0.25) is 0 Å². The summed E-state index contributed by atoms with van der Waals surface area (Å²) in [6.45, 7) is 0. The summed E-state index contributed by atoms with van der Waals surface area (Å²) in [5, 5.41) is 3.23. The van der Waals surface area contributed by atoms with Crippen molar-refractivity contribution in [2.45, 2.75) is 25.3 Å². The van der Waals surface area contributed by atoms with Gasteiger partial charge in [0.2, 0.25) is 5.56 Å². The number of aromatic amines is 1. The number of halogens is 1. The molecule has 0 aliphatic heterocycles. The Bertz CT molecular complexity index is 651. The zero-order valence-electron chi connectivity index (χ0n) is 10.4. The first-order valence-electron chi connectivity index (χ1n) is 6.47. The highest BCUT2D eigenvalue weighted by Crippen LogP contribution is 2.31. The maximum atomic E-state index is 13.7. The Morgan fingerprint density at radius 2 is 2.05 bits per heavy atom. The lowest BCUT2D eigenvalue weighted by Crippen LogP contribution is -2.21. The van der Waals surface area contributed by atoms with Crippen molar-refractivity contribution in [1.82, 2.24) is 4.98 Å². The fraction of sp³-hybridized carbons (Fsp3) is 0.267. The second kappa shape index (κ2) is 4.88.